The minimum atomic E-state index is -0.632. The second kappa shape index (κ2) is 9.57. The van der Waals surface area contributed by atoms with Crippen LogP contribution >= 0.6 is 7.92 Å². The first-order valence-electron chi connectivity index (χ1n) is 11.4. The van der Waals surface area contributed by atoms with Crippen LogP contribution in [0.4, 0.5) is 0 Å². The fourth-order valence-electron chi connectivity index (χ4n) is 5.06. The van der Waals surface area contributed by atoms with Gasteiger partial charge in [0.15, 0.2) is 0 Å². The first kappa shape index (κ1) is 22.7. The van der Waals surface area contributed by atoms with Crippen LogP contribution in [0.25, 0.3) is 0 Å². The van der Waals surface area contributed by atoms with Crippen molar-refractivity contribution in [1.82, 2.24) is 4.90 Å². The number of nitrogens with zero attached hydrogens (tertiary/aromatic N) is 1. The van der Waals surface area contributed by atoms with Crippen LogP contribution in [0.2, 0.25) is 0 Å². The number of allylic oxidation sites excluding steroid dienone is 2. The molecule has 1 aliphatic rings. The Morgan fingerprint density at radius 2 is 1.22 bits per heavy atom. The Labute approximate surface area is 195 Å². The van der Waals surface area contributed by atoms with Gasteiger partial charge in [0.05, 0.1) is 0 Å². The van der Waals surface area contributed by atoms with Gasteiger partial charge in [-0.2, -0.15) is 0 Å². The van der Waals surface area contributed by atoms with Gasteiger partial charge in [0.25, 0.3) is 0 Å². The predicted octanol–water partition coefficient (Wildman–Crippen LogP) is 6.73. The number of hydrogen-bond acceptors (Lipinski definition) is 1. The summed E-state index contributed by atoms with van der Waals surface area (Å²) in [5, 5.41) is 4.44. The smallest absolute Gasteiger partial charge is 0.0445 e. The summed E-state index contributed by atoms with van der Waals surface area (Å²) >= 11 is 0. The van der Waals surface area contributed by atoms with Crippen LogP contribution in [0, 0.1) is 33.6 Å². The van der Waals surface area contributed by atoms with Crippen molar-refractivity contribution in [2.75, 3.05) is 14.1 Å². The van der Waals surface area contributed by atoms with Gasteiger partial charge in [-0.15, -0.1) is 0 Å². The normalized spacial score (nSPS) is 16.6. The molecule has 0 fully saturated rings. The van der Waals surface area contributed by atoms with Crippen molar-refractivity contribution in [2.24, 2.45) is 5.92 Å². The number of hydrogen-bond donors (Lipinski definition) is 0. The number of rotatable bonds is 6. The monoisotopic (exact) mass is 439 g/mol. The SMILES string of the molecule is Cc1cc(C)cc(P(C2=CC=CC2[C@@H](c2ccccc2)N(C)C)c2cc(C)cc(C)c2)c1. The van der Waals surface area contributed by atoms with E-state index < -0.39 is 7.92 Å². The van der Waals surface area contributed by atoms with E-state index in [1.54, 1.807) is 0 Å². The van der Waals surface area contributed by atoms with Crippen LogP contribution in [-0.4, -0.2) is 19.0 Å². The Kier molecular flexibility index (Phi) is 6.79. The van der Waals surface area contributed by atoms with Crippen LogP contribution in [-0.2, 0) is 0 Å². The van der Waals surface area contributed by atoms with E-state index in [-0.39, 0.29) is 0 Å². The van der Waals surface area contributed by atoms with Crippen LogP contribution in [0.1, 0.15) is 33.9 Å². The van der Waals surface area contributed by atoms with Crippen molar-refractivity contribution < 1.29 is 0 Å². The van der Waals surface area contributed by atoms with Crippen LogP contribution in [0.15, 0.2) is 90.3 Å². The van der Waals surface area contributed by atoms with Crippen LogP contribution in [0.3, 0.4) is 0 Å². The van der Waals surface area contributed by atoms with E-state index in [4.69, 9.17) is 0 Å². The molecule has 4 rings (SSSR count). The average molecular weight is 440 g/mol. The van der Waals surface area contributed by atoms with Gasteiger partial charge >= 0.3 is 0 Å². The summed E-state index contributed by atoms with van der Waals surface area (Å²) in [4.78, 5) is 2.38. The molecule has 0 amide bonds. The first-order chi connectivity index (χ1) is 15.3. The zero-order valence-corrected chi connectivity index (χ0v) is 21.0. The molecular formula is C30H34NP. The summed E-state index contributed by atoms with van der Waals surface area (Å²) in [5.41, 5.74) is 6.73. The molecule has 0 spiro atoms. The van der Waals surface area contributed by atoms with Gasteiger partial charge < -0.3 is 4.90 Å². The second-order valence-electron chi connectivity index (χ2n) is 9.35. The largest absolute Gasteiger partial charge is 0.301 e. The maximum absolute atomic E-state index is 2.41. The van der Waals surface area contributed by atoms with E-state index in [1.807, 2.05) is 0 Å². The van der Waals surface area contributed by atoms with Crippen LogP contribution < -0.4 is 10.6 Å². The summed E-state index contributed by atoms with van der Waals surface area (Å²) in [7, 11) is 3.78. The van der Waals surface area contributed by atoms with Gasteiger partial charge in [0.1, 0.15) is 0 Å². The number of aryl methyl sites for hydroxylation is 4. The van der Waals surface area contributed by atoms with E-state index >= 15 is 0 Å². The minimum absolute atomic E-state index is 0.308. The van der Waals surface area contributed by atoms with Gasteiger partial charge in [0, 0.05) is 12.0 Å². The summed E-state index contributed by atoms with van der Waals surface area (Å²) in [6, 6.07) is 25.4. The maximum atomic E-state index is 2.41. The van der Waals surface area contributed by atoms with E-state index in [1.165, 1.54) is 43.7 Å². The molecule has 0 bridgehead atoms. The Morgan fingerprint density at radius 1 is 0.719 bits per heavy atom. The fraction of sp³-hybridized carbons (Fsp3) is 0.267. The molecule has 0 aromatic heterocycles. The Hall–Kier alpha value is -2.47. The highest BCUT2D eigenvalue weighted by atomic mass is 31.1. The van der Waals surface area contributed by atoms with Gasteiger partial charge in [-0.3, -0.25) is 0 Å². The molecule has 2 atom stereocenters. The molecular weight excluding hydrogens is 405 g/mol. The Balaban J connectivity index is 1.87. The third-order valence-corrected chi connectivity index (χ3v) is 8.66. The van der Waals surface area contributed by atoms with E-state index in [0.29, 0.717) is 12.0 Å². The van der Waals surface area contributed by atoms with Crippen molar-refractivity contribution in [1.29, 1.82) is 0 Å². The first-order valence-corrected chi connectivity index (χ1v) is 12.7. The molecule has 3 aromatic rings. The average Bonchev–Trinajstić information content (AvgIpc) is 3.16. The molecule has 0 saturated heterocycles. The molecule has 3 aromatic carbocycles. The highest BCUT2D eigenvalue weighted by Gasteiger charge is 2.33. The van der Waals surface area contributed by atoms with Gasteiger partial charge in [-0.05, 0) is 71.2 Å². The van der Waals surface area contributed by atoms with Crippen LogP contribution in [0.5, 0.6) is 0 Å². The summed E-state index contributed by atoms with van der Waals surface area (Å²) < 4.78 is 0. The van der Waals surface area contributed by atoms with Gasteiger partial charge in [-0.1, -0.05) is 107 Å². The lowest BCUT2D eigenvalue weighted by molar-refractivity contribution is 0.265. The number of benzene rings is 3. The topological polar surface area (TPSA) is 3.24 Å². The zero-order chi connectivity index (χ0) is 22.8. The lowest BCUT2D eigenvalue weighted by atomic mass is 9.93. The van der Waals surface area contributed by atoms with Crippen molar-refractivity contribution in [2.45, 2.75) is 33.7 Å². The summed E-state index contributed by atoms with van der Waals surface area (Å²) in [6.07, 6.45) is 7.08. The molecule has 164 valence electrons. The third-order valence-electron chi connectivity index (χ3n) is 6.15. The summed E-state index contributed by atoms with van der Waals surface area (Å²) in [6.45, 7) is 8.88. The Morgan fingerprint density at radius 3 is 1.69 bits per heavy atom. The third kappa shape index (κ3) is 4.80. The molecule has 0 saturated carbocycles. The van der Waals surface area contributed by atoms with Gasteiger partial charge in [-0.25, -0.2) is 0 Å². The Bertz CT molecular complexity index is 1060. The highest BCUT2D eigenvalue weighted by molar-refractivity contribution is 7.76. The minimum Gasteiger partial charge on any atom is -0.301 e. The molecule has 0 N–H and O–H groups in total. The van der Waals surface area contributed by atoms with Gasteiger partial charge in [0.2, 0.25) is 0 Å². The van der Waals surface area contributed by atoms with E-state index in [2.05, 4.69) is 132 Å². The highest BCUT2D eigenvalue weighted by Crippen LogP contribution is 2.53. The molecule has 1 nitrogen and oxygen atoms in total. The van der Waals surface area contributed by atoms with Crippen molar-refractivity contribution in [3.63, 3.8) is 0 Å². The molecule has 2 heteroatoms. The molecule has 0 aliphatic heterocycles. The van der Waals surface area contributed by atoms with E-state index in [0.717, 1.165) is 0 Å². The van der Waals surface area contributed by atoms with Crippen molar-refractivity contribution >= 4 is 18.5 Å². The molecule has 1 aliphatic carbocycles. The molecule has 32 heavy (non-hydrogen) atoms. The summed E-state index contributed by atoms with van der Waals surface area (Å²) in [5.74, 6) is 0.347. The van der Waals surface area contributed by atoms with Crippen molar-refractivity contribution in [3.05, 3.63) is 118 Å². The molecule has 0 radical (unpaired) electrons. The second-order valence-corrected chi connectivity index (χ2v) is 11.6. The lowest BCUT2D eigenvalue weighted by Gasteiger charge is -2.35. The molecule has 1 unspecified atom stereocenters. The predicted molar refractivity (Wildman–Crippen MR) is 142 cm³/mol. The zero-order valence-electron chi connectivity index (χ0n) is 20.1. The lowest BCUT2D eigenvalue weighted by Crippen LogP contribution is -2.28. The maximum Gasteiger partial charge on any atom is 0.0445 e. The quantitative estimate of drug-likeness (QED) is 0.385. The fourth-order valence-corrected chi connectivity index (χ4v) is 8.04. The molecule has 0 heterocycles. The standard InChI is InChI=1S/C30H34NP/c1-21-15-22(2)18-26(17-21)32(27-19-23(3)16-24(4)20-27)29-14-10-13-28(29)30(31(5)6)25-11-8-7-9-12-25/h7-20,28,30H,1-6H3/t28?,30-/m1/s1. The van der Waals surface area contributed by atoms with Crippen molar-refractivity contribution in [3.8, 4) is 0 Å². The van der Waals surface area contributed by atoms with E-state index in [9.17, 15) is 0 Å².